The molecule has 0 bridgehead atoms. The lowest BCUT2D eigenvalue weighted by atomic mass is 9.99. The van der Waals surface area contributed by atoms with Gasteiger partial charge in [-0.15, -0.1) is 0 Å². The molecule has 4 heteroatoms. The molecule has 1 aliphatic rings. The molecule has 1 aromatic rings. The number of aromatic nitrogens is 1. The third kappa shape index (κ3) is 3.24. The van der Waals surface area contributed by atoms with E-state index in [4.69, 9.17) is 4.74 Å². The van der Waals surface area contributed by atoms with Gasteiger partial charge in [-0.2, -0.15) is 0 Å². The summed E-state index contributed by atoms with van der Waals surface area (Å²) < 4.78 is 5.64. The second-order valence-electron chi connectivity index (χ2n) is 4.10. The Bertz CT molecular complexity index is 313. The summed E-state index contributed by atoms with van der Waals surface area (Å²) in [5.74, 6) is 0.884. The van der Waals surface area contributed by atoms with Gasteiger partial charge in [-0.25, -0.2) is 0 Å². The number of nitrogens with zero attached hydrogens (tertiary/aromatic N) is 2. The van der Waals surface area contributed by atoms with Crippen LogP contribution < -0.4 is 10.2 Å². The van der Waals surface area contributed by atoms with Crippen molar-refractivity contribution < 1.29 is 4.74 Å². The summed E-state index contributed by atoms with van der Waals surface area (Å²) >= 11 is 0. The number of rotatable bonds is 4. The summed E-state index contributed by atoms with van der Waals surface area (Å²) in [5.41, 5.74) is 1.15. The Labute approximate surface area is 91.9 Å². The van der Waals surface area contributed by atoms with Gasteiger partial charge in [0.15, 0.2) is 0 Å². The third-order valence-electron chi connectivity index (χ3n) is 2.72. The topological polar surface area (TPSA) is 25.4 Å². The molecule has 15 heavy (non-hydrogen) atoms. The maximum absolute atomic E-state index is 5.64. The highest BCUT2D eigenvalue weighted by Crippen LogP contribution is 2.08. The van der Waals surface area contributed by atoms with Crippen LogP contribution >= 0.6 is 0 Å². The van der Waals surface area contributed by atoms with Crippen LogP contribution in [0.2, 0.25) is 0 Å². The minimum atomic E-state index is 0.769. The Hall–Kier alpha value is -1.03. The average Bonchev–Trinajstić information content (AvgIpc) is 2.71. The van der Waals surface area contributed by atoms with E-state index in [0.29, 0.717) is 0 Å². The van der Waals surface area contributed by atoms with Crippen LogP contribution in [-0.2, 0) is 0 Å². The molecule has 1 aliphatic heterocycles. The maximum Gasteiger partial charge on any atom is 0.141 e. The molecule has 1 aromatic heterocycles. The molecule has 80 valence electrons. The molecule has 0 unspecified atom stereocenters. The predicted molar refractivity (Wildman–Crippen MR) is 63.6 cm³/mol. The second-order valence-corrected chi connectivity index (χ2v) is 4.10. The van der Waals surface area contributed by atoms with Gasteiger partial charge in [-0.3, -0.25) is 9.88 Å². The molecule has 0 saturated carbocycles. The summed E-state index contributed by atoms with van der Waals surface area (Å²) in [6.07, 6.45) is 6.29. The Morgan fingerprint density at radius 2 is 2.13 bits per heavy atom. The molecule has 0 amide bonds. The first-order valence-electron chi connectivity index (χ1n) is 5.61. The molecule has 2 rings (SSSR count). The quantitative estimate of drug-likeness (QED) is 0.636. The van der Waals surface area contributed by atoms with Crippen LogP contribution in [0.1, 0.15) is 12.8 Å². The maximum atomic E-state index is 5.64. The first kappa shape index (κ1) is 10.5. The Kier molecular flexibility index (Phi) is 3.61. The fourth-order valence-corrected chi connectivity index (χ4v) is 1.90. The van der Waals surface area contributed by atoms with Crippen LogP contribution in [0.25, 0.3) is 0 Å². The summed E-state index contributed by atoms with van der Waals surface area (Å²) in [6, 6.07) is 2.02. The van der Waals surface area contributed by atoms with Crippen molar-refractivity contribution in [1.29, 1.82) is 0 Å². The number of ether oxygens (including phenoxy) is 1. The van der Waals surface area contributed by atoms with E-state index in [9.17, 15) is 0 Å². The van der Waals surface area contributed by atoms with Crippen LogP contribution in [0.15, 0.2) is 18.5 Å². The van der Waals surface area contributed by atoms with E-state index in [-0.39, 0.29) is 0 Å². The highest BCUT2D eigenvalue weighted by molar-refractivity contribution is 6.32. The van der Waals surface area contributed by atoms with Gasteiger partial charge in [-0.05, 0) is 32.0 Å². The molecule has 2 heterocycles. The van der Waals surface area contributed by atoms with Gasteiger partial charge in [-0.1, -0.05) is 5.46 Å². The van der Waals surface area contributed by atoms with E-state index in [1.165, 1.54) is 25.9 Å². The van der Waals surface area contributed by atoms with E-state index in [2.05, 4.69) is 9.88 Å². The number of hydrogen-bond donors (Lipinski definition) is 0. The third-order valence-corrected chi connectivity index (χ3v) is 2.72. The van der Waals surface area contributed by atoms with Crippen LogP contribution in [0.4, 0.5) is 0 Å². The minimum Gasteiger partial charge on any atom is -0.491 e. The van der Waals surface area contributed by atoms with Crippen molar-refractivity contribution in [2.75, 3.05) is 26.2 Å². The van der Waals surface area contributed by atoms with Gasteiger partial charge in [0, 0.05) is 12.7 Å². The van der Waals surface area contributed by atoms with Crippen LogP contribution in [0.3, 0.4) is 0 Å². The van der Waals surface area contributed by atoms with Crippen molar-refractivity contribution >= 4 is 13.3 Å². The highest BCUT2D eigenvalue weighted by atomic mass is 16.5. The van der Waals surface area contributed by atoms with E-state index < -0.39 is 0 Å². The lowest BCUT2D eigenvalue weighted by Gasteiger charge is -2.14. The molecule has 0 radical (unpaired) electrons. The van der Waals surface area contributed by atoms with E-state index >= 15 is 0 Å². The molecule has 0 N–H and O–H groups in total. The molecule has 3 nitrogen and oxygen atoms in total. The largest absolute Gasteiger partial charge is 0.491 e. The molecule has 1 fully saturated rings. The van der Waals surface area contributed by atoms with Gasteiger partial charge < -0.3 is 4.74 Å². The lowest BCUT2D eigenvalue weighted by Crippen LogP contribution is -2.25. The van der Waals surface area contributed by atoms with Crippen molar-refractivity contribution in [2.45, 2.75) is 12.8 Å². The van der Waals surface area contributed by atoms with Gasteiger partial charge in [0.05, 0.1) is 6.20 Å². The first-order chi connectivity index (χ1) is 7.34. The van der Waals surface area contributed by atoms with Crippen LogP contribution in [0.5, 0.6) is 5.75 Å². The summed E-state index contributed by atoms with van der Waals surface area (Å²) in [7, 11) is 2.03. The minimum absolute atomic E-state index is 0.769. The van der Waals surface area contributed by atoms with Gasteiger partial charge in [0.25, 0.3) is 0 Å². The van der Waals surface area contributed by atoms with Crippen molar-refractivity contribution in [1.82, 2.24) is 9.88 Å². The van der Waals surface area contributed by atoms with Gasteiger partial charge in [0.2, 0.25) is 0 Å². The molecular weight excluding hydrogens is 187 g/mol. The van der Waals surface area contributed by atoms with Crippen molar-refractivity contribution in [3.63, 3.8) is 0 Å². The Morgan fingerprint density at radius 3 is 2.87 bits per heavy atom. The lowest BCUT2D eigenvalue weighted by molar-refractivity contribution is 0.237. The fraction of sp³-hybridized carbons (Fsp3) is 0.545. The average molecular weight is 204 g/mol. The molecule has 0 aliphatic carbocycles. The summed E-state index contributed by atoms with van der Waals surface area (Å²) in [4.78, 5) is 6.54. The van der Waals surface area contributed by atoms with E-state index in [0.717, 1.165) is 24.4 Å². The number of hydrogen-bond acceptors (Lipinski definition) is 3. The number of likely N-dealkylation sites (tertiary alicyclic amines) is 1. The first-order valence-corrected chi connectivity index (χ1v) is 5.61. The SMILES string of the molecule is Bc1cncc(OCCN2CCCC2)c1. The van der Waals surface area contributed by atoms with Gasteiger partial charge in [0.1, 0.15) is 20.2 Å². The zero-order valence-electron chi connectivity index (χ0n) is 9.28. The van der Waals surface area contributed by atoms with E-state index in [1.807, 2.05) is 20.1 Å². The monoisotopic (exact) mass is 204 g/mol. The van der Waals surface area contributed by atoms with Gasteiger partial charge >= 0.3 is 0 Å². The molecular formula is C11H17BN2O. The van der Waals surface area contributed by atoms with Crippen molar-refractivity contribution in [2.24, 2.45) is 0 Å². The fourth-order valence-electron chi connectivity index (χ4n) is 1.90. The van der Waals surface area contributed by atoms with Crippen LogP contribution in [0, 0.1) is 0 Å². The zero-order valence-corrected chi connectivity index (χ0v) is 9.28. The summed E-state index contributed by atoms with van der Waals surface area (Å²) in [5, 5.41) is 0. The Morgan fingerprint density at radius 1 is 1.33 bits per heavy atom. The molecule has 0 aromatic carbocycles. The predicted octanol–water partition coefficient (Wildman–Crippen LogP) is -0.185. The van der Waals surface area contributed by atoms with E-state index in [1.54, 1.807) is 6.20 Å². The zero-order chi connectivity index (χ0) is 10.5. The smallest absolute Gasteiger partial charge is 0.141 e. The molecule has 0 atom stereocenters. The Balaban J connectivity index is 1.73. The second kappa shape index (κ2) is 5.17. The summed E-state index contributed by atoms with van der Waals surface area (Å²) in [6.45, 7) is 4.27. The highest BCUT2D eigenvalue weighted by Gasteiger charge is 2.10. The molecule has 0 spiro atoms. The molecule has 1 saturated heterocycles. The number of pyridine rings is 1. The normalized spacial score (nSPS) is 16.8. The van der Waals surface area contributed by atoms with Crippen LogP contribution in [-0.4, -0.2) is 44.0 Å². The van der Waals surface area contributed by atoms with Crippen molar-refractivity contribution in [3.8, 4) is 5.75 Å². The van der Waals surface area contributed by atoms with Crippen molar-refractivity contribution in [3.05, 3.63) is 18.5 Å². The standard InChI is InChI=1S/C11H17BN2O/c12-10-7-11(9-13-8-10)15-6-5-14-3-1-2-4-14/h7-9H,1-6,12H2.